The second kappa shape index (κ2) is 9.44. The molecule has 0 radical (unpaired) electrons. The number of carbonyl (C=O) groups is 1. The maximum Gasteiger partial charge on any atom is 0.255 e. The topological polar surface area (TPSA) is 87.3 Å². The van der Waals surface area contributed by atoms with E-state index in [1.807, 2.05) is 32.0 Å². The number of fused-ring (bicyclic) bond motifs is 2. The minimum absolute atomic E-state index is 0.132. The van der Waals surface area contributed by atoms with E-state index in [4.69, 9.17) is 4.74 Å². The van der Waals surface area contributed by atoms with Gasteiger partial charge in [0.05, 0.1) is 35.5 Å². The Morgan fingerprint density at radius 1 is 1.11 bits per heavy atom. The third-order valence-electron chi connectivity index (χ3n) is 6.99. The molecule has 2 aromatic carbocycles. The number of benzene rings is 2. The second-order valence-corrected chi connectivity index (χ2v) is 9.75. The van der Waals surface area contributed by atoms with Crippen molar-refractivity contribution in [1.82, 2.24) is 20.2 Å². The van der Waals surface area contributed by atoms with Gasteiger partial charge in [0.25, 0.3) is 5.91 Å². The van der Waals surface area contributed by atoms with Crippen molar-refractivity contribution in [2.24, 2.45) is 0 Å². The van der Waals surface area contributed by atoms with Crippen molar-refractivity contribution in [3.8, 4) is 0 Å². The number of carbonyl (C=O) groups excluding carboxylic acids is 1. The lowest BCUT2D eigenvalue weighted by molar-refractivity contribution is 0.0190. The summed E-state index contributed by atoms with van der Waals surface area (Å²) in [5.74, 6) is -1.32. The molecule has 1 atom stereocenters. The van der Waals surface area contributed by atoms with Gasteiger partial charge in [0.15, 0.2) is 5.43 Å². The first-order valence-corrected chi connectivity index (χ1v) is 12.1. The Bertz CT molecular complexity index is 1490. The first-order valence-electron chi connectivity index (χ1n) is 12.1. The first kappa shape index (κ1) is 24.1. The number of nitrogens with zero attached hydrogens (tertiary/aromatic N) is 2. The standard InChI is InChI=1S/C28H29FN4O3/c1-17(33-10-12-36-13-11-33)23-9-8-18(16-30-23)28(2,3)32-27(35)20-15-25-21(14-22(20)29)26(34)19-6-4-5-7-24(19)31-25/h4-9,14-17H,10-13H2,1-3H3,(H,31,34)(H,32,35). The van der Waals surface area contributed by atoms with Gasteiger partial charge in [-0.3, -0.25) is 19.5 Å². The molecule has 0 spiro atoms. The van der Waals surface area contributed by atoms with Crippen LogP contribution in [0.25, 0.3) is 21.8 Å². The maximum atomic E-state index is 15.0. The number of rotatable bonds is 5. The van der Waals surface area contributed by atoms with Crippen molar-refractivity contribution in [2.45, 2.75) is 32.4 Å². The lowest BCUT2D eigenvalue weighted by Gasteiger charge is -2.32. The molecule has 8 heteroatoms. The van der Waals surface area contributed by atoms with E-state index in [2.05, 4.69) is 27.1 Å². The molecule has 7 nitrogen and oxygen atoms in total. The van der Waals surface area contributed by atoms with Crippen LogP contribution in [-0.2, 0) is 10.3 Å². The number of aromatic amines is 1. The summed E-state index contributed by atoms with van der Waals surface area (Å²) in [6.07, 6.45) is 1.76. The molecule has 1 aliphatic rings. The Morgan fingerprint density at radius 3 is 2.58 bits per heavy atom. The summed E-state index contributed by atoms with van der Waals surface area (Å²) in [6, 6.07) is 13.6. The number of morpholine rings is 1. The van der Waals surface area contributed by atoms with Gasteiger partial charge >= 0.3 is 0 Å². The number of amides is 1. The Morgan fingerprint density at radius 2 is 1.86 bits per heavy atom. The maximum absolute atomic E-state index is 15.0. The molecular formula is C28H29FN4O3. The SMILES string of the molecule is CC(c1ccc(C(C)(C)NC(=O)c2cc3[nH]c4ccccc4c(=O)c3cc2F)cn1)N1CCOCC1. The van der Waals surface area contributed by atoms with Crippen LogP contribution in [-0.4, -0.2) is 47.1 Å². The summed E-state index contributed by atoms with van der Waals surface area (Å²) >= 11 is 0. The van der Waals surface area contributed by atoms with E-state index in [0.717, 1.165) is 43.6 Å². The quantitative estimate of drug-likeness (QED) is 0.410. The number of nitrogens with one attached hydrogen (secondary N) is 2. The van der Waals surface area contributed by atoms with Crippen molar-refractivity contribution in [3.05, 3.63) is 87.6 Å². The van der Waals surface area contributed by atoms with Crippen LogP contribution < -0.4 is 10.7 Å². The number of halogens is 1. The van der Waals surface area contributed by atoms with Crippen LogP contribution in [0, 0.1) is 5.82 Å². The van der Waals surface area contributed by atoms with Crippen molar-refractivity contribution in [1.29, 1.82) is 0 Å². The highest BCUT2D eigenvalue weighted by atomic mass is 19.1. The molecule has 2 aromatic heterocycles. The van der Waals surface area contributed by atoms with Crippen molar-refractivity contribution >= 4 is 27.7 Å². The zero-order valence-corrected chi connectivity index (χ0v) is 20.6. The van der Waals surface area contributed by atoms with Gasteiger partial charge in [-0.15, -0.1) is 0 Å². The highest BCUT2D eigenvalue weighted by molar-refractivity contribution is 6.00. The minimum Gasteiger partial charge on any atom is -0.379 e. The molecule has 0 bridgehead atoms. The molecular weight excluding hydrogens is 459 g/mol. The molecule has 4 aromatic rings. The van der Waals surface area contributed by atoms with Crippen molar-refractivity contribution < 1.29 is 13.9 Å². The predicted molar refractivity (Wildman–Crippen MR) is 138 cm³/mol. The largest absolute Gasteiger partial charge is 0.379 e. The van der Waals surface area contributed by atoms with Crippen LogP contribution in [0.15, 0.2) is 59.5 Å². The molecule has 1 amide bonds. The Labute approximate surface area is 208 Å². The van der Waals surface area contributed by atoms with E-state index >= 15 is 4.39 Å². The molecule has 186 valence electrons. The van der Waals surface area contributed by atoms with Crippen LogP contribution in [0.4, 0.5) is 4.39 Å². The monoisotopic (exact) mass is 488 g/mol. The average Bonchev–Trinajstić information content (AvgIpc) is 2.89. The Hall–Kier alpha value is -3.62. The smallest absolute Gasteiger partial charge is 0.255 e. The van der Waals surface area contributed by atoms with Gasteiger partial charge in [0, 0.05) is 41.6 Å². The Balaban J connectivity index is 1.39. The summed E-state index contributed by atoms with van der Waals surface area (Å²) in [4.78, 5) is 36.1. The number of hydrogen-bond donors (Lipinski definition) is 2. The molecule has 3 heterocycles. The third kappa shape index (κ3) is 4.50. The Kier molecular flexibility index (Phi) is 6.32. The van der Waals surface area contributed by atoms with Crippen molar-refractivity contribution in [2.75, 3.05) is 26.3 Å². The molecule has 36 heavy (non-hydrogen) atoms. The number of ether oxygens (including phenoxy) is 1. The van der Waals surface area contributed by atoms with E-state index < -0.39 is 17.3 Å². The first-order chi connectivity index (χ1) is 17.2. The predicted octanol–water partition coefficient (Wildman–Crippen LogP) is 4.27. The lowest BCUT2D eigenvalue weighted by Crippen LogP contribution is -2.41. The summed E-state index contributed by atoms with van der Waals surface area (Å²) in [5.41, 5.74) is 1.57. The number of aromatic nitrogens is 2. The van der Waals surface area contributed by atoms with E-state index in [9.17, 15) is 9.59 Å². The van der Waals surface area contributed by atoms with Gasteiger partial charge in [0.1, 0.15) is 5.82 Å². The zero-order chi connectivity index (χ0) is 25.4. The fourth-order valence-corrected chi connectivity index (χ4v) is 4.72. The third-order valence-corrected chi connectivity index (χ3v) is 6.99. The normalized spacial score (nSPS) is 15.8. The van der Waals surface area contributed by atoms with Crippen LogP contribution in [0.5, 0.6) is 0 Å². The van der Waals surface area contributed by atoms with Gasteiger partial charge in [-0.05, 0) is 56.7 Å². The van der Waals surface area contributed by atoms with Gasteiger partial charge in [-0.2, -0.15) is 0 Å². The minimum atomic E-state index is -0.803. The molecule has 1 fully saturated rings. The van der Waals surface area contributed by atoms with E-state index in [0.29, 0.717) is 16.4 Å². The average molecular weight is 489 g/mol. The highest BCUT2D eigenvalue weighted by Crippen LogP contribution is 2.25. The number of para-hydroxylation sites is 1. The molecule has 2 N–H and O–H groups in total. The number of hydrogen-bond acceptors (Lipinski definition) is 5. The number of H-pyrrole nitrogens is 1. The molecule has 1 unspecified atom stereocenters. The summed E-state index contributed by atoms with van der Waals surface area (Å²) in [6.45, 7) is 8.99. The fraction of sp³-hybridized carbons (Fsp3) is 0.321. The van der Waals surface area contributed by atoms with Crippen LogP contribution in [0.1, 0.15) is 48.4 Å². The molecule has 1 aliphatic heterocycles. The lowest BCUT2D eigenvalue weighted by atomic mass is 9.94. The van der Waals surface area contributed by atoms with Crippen LogP contribution in [0.2, 0.25) is 0 Å². The zero-order valence-electron chi connectivity index (χ0n) is 20.6. The highest BCUT2D eigenvalue weighted by Gasteiger charge is 2.27. The van der Waals surface area contributed by atoms with E-state index in [1.54, 1.807) is 24.4 Å². The summed E-state index contributed by atoms with van der Waals surface area (Å²) in [7, 11) is 0. The fourth-order valence-electron chi connectivity index (χ4n) is 4.72. The van der Waals surface area contributed by atoms with E-state index in [-0.39, 0.29) is 22.4 Å². The van der Waals surface area contributed by atoms with Gasteiger partial charge in [-0.1, -0.05) is 18.2 Å². The van der Waals surface area contributed by atoms with Gasteiger partial charge < -0.3 is 15.0 Å². The molecule has 0 saturated carbocycles. The van der Waals surface area contributed by atoms with Gasteiger partial charge in [0.2, 0.25) is 0 Å². The van der Waals surface area contributed by atoms with Crippen LogP contribution in [0.3, 0.4) is 0 Å². The molecule has 1 saturated heterocycles. The molecule has 0 aliphatic carbocycles. The summed E-state index contributed by atoms with van der Waals surface area (Å²) < 4.78 is 20.4. The number of pyridine rings is 2. The molecule has 5 rings (SSSR count). The van der Waals surface area contributed by atoms with Crippen LogP contribution >= 0.6 is 0 Å². The van der Waals surface area contributed by atoms with Gasteiger partial charge in [-0.25, -0.2) is 4.39 Å². The van der Waals surface area contributed by atoms with E-state index in [1.165, 1.54) is 6.07 Å². The second-order valence-electron chi connectivity index (χ2n) is 9.75. The summed E-state index contributed by atoms with van der Waals surface area (Å²) in [5, 5.41) is 3.60. The van der Waals surface area contributed by atoms with Crippen molar-refractivity contribution in [3.63, 3.8) is 0 Å².